The SMILES string of the molecule is CC1(C)CC(C)(C)[n+]2cc[n+]3c(c21)C(C)(C)CC3(C)C.O=S(=O)([O-])C(F)(F)F.O=S(=O)([O-])C(F)(F)F. The normalized spacial score (nSPS) is 21.3. The van der Waals surface area contributed by atoms with Crippen LogP contribution in [0.15, 0.2) is 12.4 Å². The van der Waals surface area contributed by atoms with Crippen molar-refractivity contribution in [1.29, 1.82) is 0 Å². The van der Waals surface area contributed by atoms with E-state index in [-0.39, 0.29) is 21.9 Å². The maximum Gasteiger partial charge on any atom is 0.485 e. The Balaban J connectivity index is 0.000000337. The van der Waals surface area contributed by atoms with Gasteiger partial charge in [0, 0.05) is 40.5 Å². The minimum Gasteiger partial charge on any atom is -0.741 e. The summed E-state index contributed by atoms with van der Waals surface area (Å²) >= 11 is 0. The van der Waals surface area contributed by atoms with Crippen LogP contribution in [0.5, 0.6) is 0 Å². The first-order valence-corrected chi connectivity index (χ1v) is 13.3. The highest BCUT2D eigenvalue weighted by Crippen LogP contribution is 2.46. The second kappa shape index (κ2) is 9.05. The fourth-order valence-electron chi connectivity index (χ4n) is 5.31. The maximum atomic E-state index is 10.7. The number of aromatic nitrogens is 2. The predicted molar refractivity (Wildman–Crippen MR) is 112 cm³/mol. The molecular formula is C20H30F6N2O6S2. The van der Waals surface area contributed by atoms with E-state index in [1.165, 1.54) is 12.8 Å². The van der Waals surface area contributed by atoms with Gasteiger partial charge in [-0.1, -0.05) is 0 Å². The van der Waals surface area contributed by atoms with Crippen molar-refractivity contribution in [2.45, 2.75) is 101 Å². The van der Waals surface area contributed by atoms with E-state index in [0.29, 0.717) is 0 Å². The van der Waals surface area contributed by atoms with Crippen molar-refractivity contribution in [1.82, 2.24) is 0 Å². The van der Waals surface area contributed by atoms with Gasteiger partial charge in [0.05, 0.1) is 10.8 Å². The van der Waals surface area contributed by atoms with Crippen LogP contribution in [0.2, 0.25) is 0 Å². The molecule has 0 aromatic carbocycles. The summed E-state index contributed by atoms with van der Waals surface area (Å²) in [5.41, 5.74) is -7.24. The van der Waals surface area contributed by atoms with Crippen LogP contribution in [0, 0.1) is 0 Å². The van der Waals surface area contributed by atoms with Gasteiger partial charge in [0.2, 0.25) is 12.4 Å². The number of hydrogen-bond donors (Lipinski definition) is 0. The highest BCUT2D eigenvalue weighted by Gasteiger charge is 2.61. The molecule has 8 nitrogen and oxygen atoms in total. The van der Waals surface area contributed by atoms with Crippen molar-refractivity contribution in [2.24, 2.45) is 0 Å². The lowest BCUT2D eigenvalue weighted by Crippen LogP contribution is -2.58. The number of halogens is 6. The van der Waals surface area contributed by atoms with Gasteiger partial charge in [-0.15, -0.1) is 0 Å². The topological polar surface area (TPSA) is 122 Å². The molecule has 0 saturated heterocycles. The van der Waals surface area contributed by atoms with Crippen LogP contribution >= 0.6 is 0 Å². The van der Waals surface area contributed by atoms with Gasteiger partial charge in [0.25, 0.3) is 11.4 Å². The lowest BCUT2D eigenvalue weighted by atomic mass is 9.76. The van der Waals surface area contributed by atoms with E-state index in [2.05, 4.69) is 76.9 Å². The van der Waals surface area contributed by atoms with Crippen LogP contribution in [-0.2, 0) is 42.1 Å². The fourth-order valence-corrected chi connectivity index (χ4v) is 5.31. The number of fused-ring (bicyclic) bond motifs is 3. The zero-order chi connectivity index (χ0) is 29.1. The Morgan fingerprint density at radius 3 is 1.00 bits per heavy atom. The lowest BCUT2D eigenvalue weighted by molar-refractivity contribution is -0.801. The van der Waals surface area contributed by atoms with Crippen LogP contribution in [0.1, 0.15) is 79.6 Å². The van der Waals surface area contributed by atoms with Crippen molar-refractivity contribution in [3.8, 4) is 0 Å². The average molecular weight is 573 g/mol. The van der Waals surface area contributed by atoms with E-state index in [4.69, 9.17) is 25.9 Å². The number of nitrogens with zero attached hydrogens (tertiary/aromatic N) is 2. The molecule has 0 unspecified atom stereocenters. The van der Waals surface area contributed by atoms with Crippen molar-refractivity contribution >= 4 is 20.2 Å². The van der Waals surface area contributed by atoms with Crippen LogP contribution in [0.25, 0.3) is 0 Å². The Labute approximate surface area is 206 Å². The van der Waals surface area contributed by atoms with Gasteiger partial charge in [-0.2, -0.15) is 35.5 Å². The number of hydrogen-bond acceptors (Lipinski definition) is 6. The molecule has 1 aromatic rings. The van der Waals surface area contributed by atoms with Gasteiger partial charge in [0.1, 0.15) is 0 Å². The van der Waals surface area contributed by atoms with Crippen LogP contribution < -0.4 is 9.13 Å². The molecule has 3 rings (SSSR count). The lowest BCUT2D eigenvalue weighted by Gasteiger charge is -2.17. The van der Waals surface area contributed by atoms with E-state index < -0.39 is 31.3 Å². The molecule has 0 N–H and O–H groups in total. The van der Waals surface area contributed by atoms with E-state index in [0.717, 1.165) is 0 Å². The quantitative estimate of drug-likeness (QED) is 0.204. The molecule has 0 aliphatic carbocycles. The van der Waals surface area contributed by atoms with Crippen LogP contribution in [0.4, 0.5) is 26.3 Å². The summed E-state index contributed by atoms with van der Waals surface area (Å²) in [6.07, 6.45) is 7.06. The fraction of sp³-hybridized carbons (Fsp3) is 0.800. The average Bonchev–Trinajstić information content (AvgIpc) is 2.87. The Morgan fingerprint density at radius 2 is 0.833 bits per heavy atom. The number of rotatable bonds is 0. The summed E-state index contributed by atoms with van der Waals surface area (Å²) < 4.78 is 123. The molecule has 1 aromatic heterocycles. The molecule has 2 aliphatic heterocycles. The number of alkyl halides is 6. The summed E-state index contributed by atoms with van der Waals surface area (Å²) in [6, 6.07) is 0. The smallest absolute Gasteiger partial charge is 0.485 e. The summed E-state index contributed by atoms with van der Waals surface area (Å²) in [7, 11) is -12.2. The van der Waals surface area contributed by atoms with Gasteiger partial charge < -0.3 is 9.11 Å². The molecule has 36 heavy (non-hydrogen) atoms. The van der Waals surface area contributed by atoms with Gasteiger partial charge >= 0.3 is 11.0 Å². The van der Waals surface area contributed by atoms with Crippen LogP contribution in [0.3, 0.4) is 0 Å². The highest BCUT2D eigenvalue weighted by atomic mass is 32.2. The molecule has 0 radical (unpaired) electrons. The summed E-state index contributed by atoms with van der Waals surface area (Å²) in [6.45, 7) is 19.1. The standard InChI is InChI=1S/C18H30N2.2CHF3O3S/c1-15(2)11-17(5,6)19-9-10-20-14(13(15)19)16(3,4)12-18(20,7)8;2*2-1(3,4)8(5,6)7/h9-10H,11-12H2,1-8H3;2*(H,5,6,7)/q+2;;/p-2. The van der Waals surface area contributed by atoms with Gasteiger partial charge in [-0.25, -0.2) is 16.8 Å². The predicted octanol–water partition coefficient (Wildman–Crippen LogP) is 3.20. The van der Waals surface area contributed by atoms with Crippen molar-refractivity contribution < 1.29 is 61.4 Å². The summed E-state index contributed by atoms with van der Waals surface area (Å²) in [5, 5.41) is 0. The third-order valence-electron chi connectivity index (χ3n) is 5.97. The highest BCUT2D eigenvalue weighted by molar-refractivity contribution is 7.86. The molecular weight excluding hydrogens is 542 g/mol. The molecule has 16 heteroatoms. The molecule has 3 heterocycles. The molecule has 210 valence electrons. The first-order valence-electron chi connectivity index (χ1n) is 10.5. The Hall–Kier alpha value is -1.52. The third kappa shape index (κ3) is 6.67. The maximum absolute atomic E-state index is 10.7. The van der Waals surface area contributed by atoms with E-state index in [1.807, 2.05) is 0 Å². The Bertz CT molecular complexity index is 1120. The van der Waals surface area contributed by atoms with E-state index >= 15 is 0 Å². The zero-order valence-corrected chi connectivity index (χ0v) is 22.6. The minimum absolute atomic E-state index is 0.219. The molecule has 0 bridgehead atoms. The molecule has 0 atom stereocenters. The van der Waals surface area contributed by atoms with Gasteiger partial charge in [0.15, 0.2) is 31.3 Å². The molecule has 2 aliphatic rings. The largest absolute Gasteiger partial charge is 0.741 e. The first-order chi connectivity index (χ1) is 15.4. The third-order valence-corrected chi connectivity index (χ3v) is 7.11. The summed E-state index contributed by atoms with van der Waals surface area (Å²) in [4.78, 5) is 0. The Morgan fingerprint density at radius 1 is 0.639 bits per heavy atom. The summed E-state index contributed by atoms with van der Waals surface area (Å²) in [5.74, 6) is 0. The van der Waals surface area contributed by atoms with E-state index in [9.17, 15) is 26.3 Å². The van der Waals surface area contributed by atoms with Crippen LogP contribution in [-0.4, -0.2) is 37.0 Å². The van der Waals surface area contributed by atoms with Gasteiger partial charge in [-0.05, 0) is 27.7 Å². The minimum atomic E-state index is -6.09. The monoisotopic (exact) mass is 572 g/mol. The second-order valence-corrected chi connectivity index (χ2v) is 14.0. The molecule has 0 amide bonds. The Kier molecular flexibility index (Phi) is 8.17. The molecule has 0 fully saturated rings. The zero-order valence-electron chi connectivity index (χ0n) is 21.0. The van der Waals surface area contributed by atoms with Gasteiger partial charge in [-0.3, -0.25) is 0 Å². The first kappa shape index (κ1) is 32.5. The van der Waals surface area contributed by atoms with Crippen molar-refractivity contribution in [2.75, 3.05) is 0 Å². The molecule has 0 spiro atoms. The van der Waals surface area contributed by atoms with Crippen molar-refractivity contribution in [3.63, 3.8) is 0 Å². The second-order valence-electron chi connectivity index (χ2n) is 11.3. The van der Waals surface area contributed by atoms with Crippen molar-refractivity contribution in [3.05, 3.63) is 23.8 Å². The van der Waals surface area contributed by atoms with E-state index in [1.54, 1.807) is 11.4 Å². The molecule has 0 saturated carbocycles.